The molecule has 0 spiro atoms. The maximum Gasteiger partial charge on any atom is 0.330 e. The molecule has 0 aliphatic carbocycles. The monoisotopic (exact) mass is 285 g/mol. The second-order valence-electron chi connectivity index (χ2n) is 4.85. The third-order valence-corrected chi connectivity index (χ3v) is 3.20. The van der Waals surface area contributed by atoms with Crippen LogP contribution in [0.2, 0.25) is 0 Å². The Kier molecular flexibility index (Phi) is 5.62. The topological polar surface area (TPSA) is 38.3 Å². The van der Waals surface area contributed by atoms with Crippen molar-refractivity contribution in [2.75, 3.05) is 13.2 Å². The Balaban J connectivity index is 3.29. The van der Waals surface area contributed by atoms with Gasteiger partial charge in [-0.25, -0.2) is 13.6 Å². The minimum Gasteiger partial charge on any atom is -0.464 e. The molecule has 0 heterocycles. The highest BCUT2D eigenvalue weighted by molar-refractivity contribution is 5.82. The summed E-state index contributed by atoms with van der Waals surface area (Å²) in [6.45, 7) is 7.24. The number of aryl methyl sites for hydroxylation is 1. The quantitative estimate of drug-likeness (QED) is 0.816. The van der Waals surface area contributed by atoms with E-state index in [0.717, 1.165) is 18.6 Å². The summed E-state index contributed by atoms with van der Waals surface area (Å²) in [5.74, 6) is -1.78. The lowest BCUT2D eigenvalue weighted by atomic mass is 9.90. The summed E-state index contributed by atoms with van der Waals surface area (Å²) in [4.78, 5) is 12.1. The van der Waals surface area contributed by atoms with Crippen LogP contribution in [0.3, 0.4) is 0 Å². The van der Waals surface area contributed by atoms with Gasteiger partial charge in [0.15, 0.2) is 0 Å². The highest BCUT2D eigenvalue weighted by atomic mass is 19.1. The minimum absolute atomic E-state index is 0.0347. The maximum atomic E-state index is 14.1. The van der Waals surface area contributed by atoms with Crippen molar-refractivity contribution >= 4 is 5.97 Å². The van der Waals surface area contributed by atoms with Gasteiger partial charge in [-0.1, -0.05) is 6.92 Å². The molecule has 112 valence electrons. The molecular weight excluding hydrogens is 264 g/mol. The van der Waals surface area contributed by atoms with Gasteiger partial charge in [-0.3, -0.25) is 5.32 Å². The number of hydrogen-bond donors (Lipinski definition) is 1. The zero-order valence-corrected chi connectivity index (χ0v) is 12.3. The number of benzene rings is 1. The molecule has 0 radical (unpaired) electrons. The van der Waals surface area contributed by atoms with Crippen LogP contribution in [0.5, 0.6) is 0 Å². The molecule has 0 aliphatic rings. The average Bonchev–Trinajstić information content (AvgIpc) is 2.40. The molecule has 20 heavy (non-hydrogen) atoms. The summed E-state index contributed by atoms with van der Waals surface area (Å²) < 4.78 is 32.8. The molecule has 0 aliphatic heterocycles. The maximum absolute atomic E-state index is 14.1. The molecule has 1 atom stereocenters. The number of esters is 1. The van der Waals surface area contributed by atoms with Crippen LogP contribution in [0.4, 0.5) is 8.78 Å². The van der Waals surface area contributed by atoms with Gasteiger partial charge < -0.3 is 4.74 Å². The Morgan fingerprint density at radius 3 is 2.50 bits per heavy atom. The van der Waals surface area contributed by atoms with Crippen LogP contribution in [0, 0.1) is 18.6 Å². The van der Waals surface area contributed by atoms with Crippen LogP contribution < -0.4 is 5.32 Å². The summed E-state index contributed by atoms with van der Waals surface area (Å²) in [6.07, 6.45) is 0.755. The molecule has 0 bridgehead atoms. The van der Waals surface area contributed by atoms with Crippen LogP contribution in [0.25, 0.3) is 0 Å². The lowest BCUT2D eigenvalue weighted by molar-refractivity contribution is -0.151. The van der Waals surface area contributed by atoms with Gasteiger partial charge in [0, 0.05) is 5.56 Å². The molecule has 0 saturated carbocycles. The van der Waals surface area contributed by atoms with E-state index in [2.05, 4.69) is 5.32 Å². The van der Waals surface area contributed by atoms with E-state index >= 15 is 0 Å². The van der Waals surface area contributed by atoms with Crippen molar-refractivity contribution in [3.8, 4) is 0 Å². The first-order valence-electron chi connectivity index (χ1n) is 6.75. The molecule has 1 aromatic rings. The lowest BCUT2D eigenvalue weighted by Gasteiger charge is -2.29. The first kappa shape index (κ1) is 16.6. The molecule has 1 aromatic carbocycles. The van der Waals surface area contributed by atoms with E-state index in [4.69, 9.17) is 4.74 Å². The van der Waals surface area contributed by atoms with Gasteiger partial charge in [0.25, 0.3) is 0 Å². The summed E-state index contributed by atoms with van der Waals surface area (Å²) in [7, 11) is 0. The summed E-state index contributed by atoms with van der Waals surface area (Å²) in [5.41, 5.74) is -1.23. The van der Waals surface area contributed by atoms with E-state index in [1.165, 1.54) is 13.8 Å². The molecule has 1 unspecified atom stereocenters. The van der Waals surface area contributed by atoms with Gasteiger partial charge in [-0.15, -0.1) is 0 Å². The van der Waals surface area contributed by atoms with E-state index < -0.39 is 23.1 Å². The van der Waals surface area contributed by atoms with Crippen molar-refractivity contribution < 1.29 is 18.3 Å². The highest BCUT2D eigenvalue weighted by Crippen LogP contribution is 2.27. The fourth-order valence-corrected chi connectivity index (χ4v) is 1.96. The second-order valence-corrected chi connectivity index (χ2v) is 4.85. The van der Waals surface area contributed by atoms with Crippen LogP contribution >= 0.6 is 0 Å². The molecule has 0 fully saturated rings. The van der Waals surface area contributed by atoms with E-state index in [-0.39, 0.29) is 17.7 Å². The third-order valence-electron chi connectivity index (χ3n) is 3.20. The SMILES string of the molecule is CCCNC(C)(C(=O)OCC)c1cc(F)c(C)cc1F. The van der Waals surface area contributed by atoms with Gasteiger partial charge in [0.1, 0.15) is 17.2 Å². The number of rotatable bonds is 6. The van der Waals surface area contributed by atoms with Gasteiger partial charge in [-0.2, -0.15) is 0 Å². The molecular formula is C15H21F2NO2. The molecule has 1 rings (SSSR count). The first-order chi connectivity index (χ1) is 9.36. The molecule has 0 amide bonds. The Morgan fingerprint density at radius 2 is 1.95 bits per heavy atom. The van der Waals surface area contributed by atoms with Crippen molar-refractivity contribution in [2.24, 2.45) is 0 Å². The lowest BCUT2D eigenvalue weighted by Crippen LogP contribution is -2.48. The van der Waals surface area contributed by atoms with Crippen molar-refractivity contribution in [3.05, 3.63) is 34.9 Å². The molecule has 1 N–H and O–H groups in total. The average molecular weight is 285 g/mol. The van der Waals surface area contributed by atoms with E-state index in [1.54, 1.807) is 6.92 Å². The zero-order chi connectivity index (χ0) is 15.3. The number of carbonyl (C=O) groups is 1. The van der Waals surface area contributed by atoms with Crippen LogP contribution in [0.1, 0.15) is 38.3 Å². The third kappa shape index (κ3) is 3.33. The Hall–Kier alpha value is -1.49. The van der Waals surface area contributed by atoms with Crippen molar-refractivity contribution in [1.29, 1.82) is 0 Å². The summed E-state index contributed by atoms with van der Waals surface area (Å²) >= 11 is 0. The minimum atomic E-state index is -1.40. The molecule has 0 saturated heterocycles. The summed E-state index contributed by atoms with van der Waals surface area (Å²) in [5, 5.41) is 2.95. The van der Waals surface area contributed by atoms with Crippen molar-refractivity contribution in [3.63, 3.8) is 0 Å². The molecule has 3 nitrogen and oxygen atoms in total. The van der Waals surface area contributed by atoms with Crippen LogP contribution in [-0.4, -0.2) is 19.1 Å². The number of halogens is 2. The second kappa shape index (κ2) is 6.79. The van der Waals surface area contributed by atoms with Gasteiger partial charge in [0.2, 0.25) is 0 Å². The number of ether oxygens (including phenoxy) is 1. The Morgan fingerprint density at radius 1 is 1.30 bits per heavy atom. The number of hydrogen-bond acceptors (Lipinski definition) is 3. The summed E-state index contributed by atoms with van der Waals surface area (Å²) in [6, 6.07) is 2.15. The largest absolute Gasteiger partial charge is 0.464 e. The highest BCUT2D eigenvalue weighted by Gasteiger charge is 2.39. The normalized spacial score (nSPS) is 13.9. The first-order valence-corrected chi connectivity index (χ1v) is 6.75. The van der Waals surface area contributed by atoms with E-state index in [9.17, 15) is 13.6 Å². The van der Waals surface area contributed by atoms with E-state index in [1.807, 2.05) is 6.92 Å². The fraction of sp³-hybridized carbons (Fsp3) is 0.533. The number of nitrogens with one attached hydrogen (secondary N) is 1. The fourth-order valence-electron chi connectivity index (χ4n) is 1.96. The number of carbonyl (C=O) groups excluding carboxylic acids is 1. The van der Waals surface area contributed by atoms with E-state index in [0.29, 0.717) is 6.54 Å². The molecule has 0 aromatic heterocycles. The van der Waals surface area contributed by atoms with Crippen molar-refractivity contribution in [2.45, 2.75) is 39.7 Å². The van der Waals surface area contributed by atoms with Crippen LogP contribution in [-0.2, 0) is 15.1 Å². The van der Waals surface area contributed by atoms with Gasteiger partial charge in [0.05, 0.1) is 6.61 Å². The van der Waals surface area contributed by atoms with Gasteiger partial charge >= 0.3 is 5.97 Å². The molecule has 5 heteroatoms. The predicted octanol–water partition coefficient (Wildman–Crippen LogP) is 3.05. The van der Waals surface area contributed by atoms with Crippen molar-refractivity contribution in [1.82, 2.24) is 5.32 Å². The van der Waals surface area contributed by atoms with Crippen LogP contribution in [0.15, 0.2) is 12.1 Å². The smallest absolute Gasteiger partial charge is 0.330 e. The van der Waals surface area contributed by atoms with Gasteiger partial charge in [-0.05, 0) is 51.4 Å². The predicted molar refractivity (Wildman–Crippen MR) is 73.4 cm³/mol. The Bertz CT molecular complexity index is 491. The zero-order valence-electron chi connectivity index (χ0n) is 12.3. The standard InChI is InChI=1S/C15H21F2NO2/c1-5-7-18-15(4,14(19)20-6-2)11-9-12(16)10(3)8-13(11)17/h8-9,18H,5-7H2,1-4H3. The Labute approximate surface area is 118 Å².